The Morgan fingerprint density at radius 1 is 1.37 bits per heavy atom. The van der Waals surface area contributed by atoms with Crippen molar-refractivity contribution in [3.63, 3.8) is 0 Å². The molecule has 2 N–H and O–H groups in total. The number of hydrogen-bond donors (Lipinski definition) is 1. The summed E-state index contributed by atoms with van der Waals surface area (Å²) in [7, 11) is 1.87. The van der Waals surface area contributed by atoms with Crippen molar-refractivity contribution in [3.05, 3.63) is 35.1 Å². The van der Waals surface area contributed by atoms with E-state index in [1.54, 1.807) is 18.3 Å². The van der Waals surface area contributed by atoms with Crippen LogP contribution in [0, 0.1) is 0 Å². The van der Waals surface area contributed by atoms with Crippen molar-refractivity contribution in [3.8, 4) is 23.1 Å². The van der Waals surface area contributed by atoms with Crippen LogP contribution in [0.3, 0.4) is 0 Å². The second-order valence-corrected chi connectivity index (χ2v) is 4.88. The predicted molar refractivity (Wildman–Crippen MR) is 74.0 cm³/mol. The Bertz CT molecular complexity index is 733. The molecule has 3 aromatic rings. The fourth-order valence-corrected chi connectivity index (χ4v) is 2.13. The number of benzene rings is 1. The van der Waals surface area contributed by atoms with Crippen LogP contribution in [-0.4, -0.2) is 19.7 Å². The van der Waals surface area contributed by atoms with E-state index in [1.807, 2.05) is 23.9 Å². The Labute approximate surface area is 117 Å². The third kappa shape index (κ3) is 2.12. The molecule has 2 aromatic heterocycles. The first-order valence-electron chi connectivity index (χ1n) is 5.52. The van der Waals surface area contributed by atoms with E-state index in [1.165, 1.54) is 0 Å². The SMILES string of the molecule is Cn1ccnc1-c1noc(-c2cc(N)ccc2Br)n1. The summed E-state index contributed by atoms with van der Waals surface area (Å²) < 4.78 is 7.93. The lowest BCUT2D eigenvalue weighted by atomic mass is 10.2. The minimum Gasteiger partial charge on any atom is -0.399 e. The molecule has 3 rings (SSSR count). The highest BCUT2D eigenvalue weighted by Gasteiger charge is 2.15. The Balaban J connectivity index is 2.06. The summed E-state index contributed by atoms with van der Waals surface area (Å²) >= 11 is 3.44. The van der Waals surface area contributed by atoms with Crippen LogP contribution in [0.5, 0.6) is 0 Å². The number of aromatic nitrogens is 4. The van der Waals surface area contributed by atoms with Crippen LogP contribution in [0.15, 0.2) is 39.6 Å². The summed E-state index contributed by atoms with van der Waals surface area (Å²) in [6, 6.07) is 5.42. The molecule has 0 amide bonds. The molecule has 0 atom stereocenters. The van der Waals surface area contributed by atoms with E-state index in [9.17, 15) is 0 Å². The number of nitrogens with two attached hydrogens (primary N) is 1. The summed E-state index contributed by atoms with van der Waals surface area (Å²) in [6.07, 6.45) is 3.50. The maximum atomic E-state index is 5.76. The van der Waals surface area contributed by atoms with Gasteiger partial charge in [-0.2, -0.15) is 4.98 Å². The third-order valence-electron chi connectivity index (χ3n) is 2.67. The van der Waals surface area contributed by atoms with E-state index in [-0.39, 0.29) is 0 Å². The molecule has 0 saturated carbocycles. The first kappa shape index (κ1) is 11.9. The Hall–Kier alpha value is -2.15. The summed E-state index contributed by atoms with van der Waals surface area (Å²) in [4.78, 5) is 8.51. The lowest BCUT2D eigenvalue weighted by Gasteiger charge is -1.99. The van der Waals surface area contributed by atoms with Gasteiger partial charge < -0.3 is 14.8 Å². The normalized spacial score (nSPS) is 10.8. The van der Waals surface area contributed by atoms with Gasteiger partial charge in [0.15, 0.2) is 5.82 Å². The molecular formula is C12H10BrN5O. The van der Waals surface area contributed by atoms with Crippen LogP contribution in [0.2, 0.25) is 0 Å². The summed E-state index contributed by atoms with van der Waals surface area (Å²) in [6.45, 7) is 0. The lowest BCUT2D eigenvalue weighted by molar-refractivity contribution is 0.431. The molecule has 19 heavy (non-hydrogen) atoms. The fourth-order valence-electron chi connectivity index (χ4n) is 1.71. The quantitative estimate of drug-likeness (QED) is 0.734. The zero-order chi connectivity index (χ0) is 13.4. The van der Waals surface area contributed by atoms with Gasteiger partial charge in [-0.05, 0) is 34.1 Å². The first-order valence-corrected chi connectivity index (χ1v) is 6.31. The second-order valence-electron chi connectivity index (χ2n) is 4.02. The number of anilines is 1. The minimum atomic E-state index is 0.400. The molecule has 0 aliphatic rings. The van der Waals surface area contributed by atoms with Gasteiger partial charge in [0.25, 0.3) is 5.89 Å². The van der Waals surface area contributed by atoms with Gasteiger partial charge in [0.05, 0.1) is 5.56 Å². The lowest BCUT2D eigenvalue weighted by Crippen LogP contribution is -1.93. The number of halogens is 1. The maximum absolute atomic E-state index is 5.76. The van der Waals surface area contributed by atoms with Gasteiger partial charge in [0.2, 0.25) is 5.82 Å². The highest BCUT2D eigenvalue weighted by Crippen LogP contribution is 2.29. The number of rotatable bonds is 2. The monoisotopic (exact) mass is 319 g/mol. The van der Waals surface area contributed by atoms with Crippen molar-refractivity contribution in [1.82, 2.24) is 19.7 Å². The number of imidazole rings is 1. The van der Waals surface area contributed by atoms with Gasteiger partial charge >= 0.3 is 0 Å². The van der Waals surface area contributed by atoms with Crippen molar-refractivity contribution in [2.75, 3.05) is 5.73 Å². The van der Waals surface area contributed by atoms with Gasteiger partial charge in [0.1, 0.15) is 0 Å². The fraction of sp³-hybridized carbons (Fsp3) is 0.0833. The third-order valence-corrected chi connectivity index (χ3v) is 3.36. The van der Waals surface area contributed by atoms with Crippen molar-refractivity contribution in [2.45, 2.75) is 0 Å². The molecule has 0 saturated heterocycles. The number of nitrogen functional groups attached to an aromatic ring is 1. The van der Waals surface area contributed by atoms with Crippen molar-refractivity contribution in [2.24, 2.45) is 7.05 Å². The molecule has 1 aromatic carbocycles. The van der Waals surface area contributed by atoms with Crippen LogP contribution in [0.1, 0.15) is 0 Å². The highest BCUT2D eigenvalue weighted by molar-refractivity contribution is 9.10. The zero-order valence-corrected chi connectivity index (χ0v) is 11.6. The van der Waals surface area contributed by atoms with E-state index in [0.717, 1.165) is 10.0 Å². The molecule has 0 aliphatic carbocycles. The van der Waals surface area contributed by atoms with E-state index in [2.05, 4.69) is 31.1 Å². The minimum absolute atomic E-state index is 0.400. The summed E-state index contributed by atoms with van der Waals surface area (Å²) in [5, 5.41) is 3.94. The van der Waals surface area contributed by atoms with Gasteiger partial charge in [-0.1, -0.05) is 5.16 Å². The molecule has 0 spiro atoms. The Morgan fingerprint density at radius 2 is 2.21 bits per heavy atom. The number of aryl methyl sites for hydroxylation is 1. The average Bonchev–Trinajstić information content (AvgIpc) is 3.00. The van der Waals surface area contributed by atoms with Gasteiger partial charge in [0, 0.05) is 29.6 Å². The standard InChI is InChI=1S/C12H10BrN5O/c1-18-5-4-15-11(18)10-16-12(19-17-10)8-6-7(14)2-3-9(8)13/h2-6H,14H2,1H3. The molecule has 0 aliphatic heterocycles. The van der Waals surface area contributed by atoms with E-state index in [0.29, 0.717) is 23.2 Å². The van der Waals surface area contributed by atoms with Crippen LogP contribution < -0.4 is 5.73 Å². The highest BCUT2D eigenvalue weighted by atomic mass is 79.9. The summed E-state index contributed by atoms with van der Waals surface area (Å²) in [5.41, 5.74) is 7.15. The molecule has 0 fully saturated rings. The second kappa shape index (κ2) is 4.51. The molecule has 6 nitrogen and oxygen atoms in total. The van der Waals surface area contributed by atoms with Crippen LogP contribution in [-0.2, 0) is 7.05 Å². The van der Waals surface area contributed by atoms with Crippen LogP contribution >= 0.6 is 15.9 Å². The topological polar surface area (TPSA) is 82.8 Å². The first-order chi connectivity index (χ1) is 9.15. The van der Waals surface area contributed by atoms with E-state index in [4.69, 9.17) is 10.3 Å². The molecule has 0 bridgehead atoms. The molecule has 0 radical (unpaired) electrons. The number of nitrogens with zero attached hydrogens (tertiary/aromatic N) is 4. The van der Waals surface area contributed by atoms with E-state index >= 15 is 0 Å². The average molecular weight is 320 g/mol. The Morgan fingerprint density at radius 3 is 2.95 bits per heavy atom. The van der Waals surface area contributed by atoms with E-state index < -0.39 is 0 Å². The molecular weight excluding hydrogens is 310 g/mol. The smallest absolute Gasteiger partial charge is 0.259 e. The van der Waals surface area contributed by atoms with Crippen LogP contribution in [0.25, 0.3) is 23.1 Å². The molecule has 0 unspecified atom stereocenters. The van der Waals surface area contributed by atoms with Crippen LogP contribution in [0.4, 0.5) is 5.69 Å². The van der Waals surface area contributed by atoms with Gasteiger partial charge in [-0.15, -0.1) is 0 Å². The predicted octanol–water partition coefficient (Wildman–Crippen LogP) is 2.48. The van der Waals surface area contributed by atoms with Gasteiger partial charge in [-0.25, -0.2) is 4.98 Å². The maximum Gasteiger partial charge on any atom is 0.259 e. The molecule has 96 valence electrons. The van der Waals surface area contributed by atoms with Crippen molar-refractivity contribution < 1.29 is 4.52 Å². The van der Waals surface area contributed by atoms with Gasteiger partial charge in [-0.3, -0.25) is 0 Å². The Kier molecular flexibility index (Phi) is 2.83. The zero-order valence-electron chi connectivity index (χ0n) is 10.0. The molecule has 2 heterocycles. The number of hydrogen-bond acceptors (Lipinski definition) is 5. The summed E-state index contributed by atoms with van der Waals surface area (Å²) in [5.74, 6) is 1.49. The van der Waals surface area contributed by atoms with Crippen molar-refractivity contribution in [1.29, 1.82) is 0 Å². The largest absolute Gasteiger partial charge is 0.399 e. The molecule has 7 heteroatoms. The van der Waals surface area contributed by atoms with Crippen molar-refractivity contribution >= 4 is 21.6 Å².